The standard InChI is InChI=1S/C13H13F2N3O3/c14-7-3-6(4-8(15)9(16)5-7)12(20)17-10-1-2-11(19)18-13(10)21/h3-5,8,10H,1-2,16H2,(H,17,20)(H,18,19,21). The maximum atomic E-state index is 13.6. The molecule has 0 spiro atoms. The van der Waals surface area contributed by atoms with Gasteiger partial charge in [0.1, 0.15) is 11.9 Å². The van der Waals surface area contributed by atoms with Gasteiger partial charge in [0.2, 0.25) is 11.8 Å². The Balaban J connectivity index is 2.10. The quantitative estimate of drug-likeness (QED) is 0.619. The summed E-state index contributed by atoms with van der Waals surface area (Å²) < 4.78 is 26.9. The molecular weight excluding hydrogens is 284 g/mol. The van der Waals surface area contributed by atoms with Gasteiger partial charge in [0.05, 0.1) is 0 Å². The van der Waals surface area contributed by atoms with Crippen LogP contribution in [0.5, 0.6) is 0 Å². The zero-order valence-electron chi connectivity index (χ0n) is 10.9. The average molecular weight is 297 g/mol. The van der Waals surface area contributed by atoms with Crippen molar-refractivity contribution in [1.82, 2.24) is 10.6 Å². The zero-order chi connectivity index (χ0) is 15.6. The van der Waals surface area contributed by atoms with Gasteiger partial charge < -0.3 is 11.1 Å². The van der Waals surface area contributed by atoms with Crippen molar-refractivity contribution in [3.8, 4) is 0 Å². The minimum Gasteiger partial charge on any atom is -0.399 e. The molecule has 112 valence electrons. The topological polar surface area (TPSA) is 101 Å². The van der Waals surface area contributed by atoms with Crippen LogP contribution in [0.2, 0.25) is 0 Å². The molecule has 0 aromatic heterocycles. The van der Waals surface area contributed by atoms with Crippen LogP contribution in [0.25, 0.3) is 0 Å². The molecule has 1 aliphatic carbocycles. The number of imide groups is 1. The fraction of sp³-hybridized carbons (Fsp3) is 0.308. The number of allylic oxidation sites excluding steroid dienone is 3. The minimum absolute atomic E-state index is 0.0835. The van der Waals surface area contributed by atoms with Crippen molar-refractivity contribution in [2.75, 3.05) is 0 Å². The molecule has 1 heterocycles. The molecule has 0 radical (unpaired) electrons. The van der Waals surface area contributed by atoms with E-state index < -0.39 is 35.8 Å². The Bertz CT molecular complexity index is 595. The van der Waals surface area contributed by atoms with Gasteiger partial charge in [-0.2, -0.15) is 0 Å². The molecule has 1 aliphatic heterocycles. The van der Waals surface area contributed by atoms with E-state index in [0.717, 1.165) is 18.2 Å². The van der Waals surface area contributed by atoms with Crippen LogP contribution in [0, 0.1) is 0 Å². The lowest BCUT2D eigenvalue weighted by molar-refractivity contribution is -0.136. The molecule has 6 nitrogen and oxygen atoms in total. The molecule has 21 heavy (non-hydrogen) atoms. The van der Waals surface area contributed by atoms with Gasteiger partial charge in [0.15, 0.2) is 6.17 Å². The van der Waals surface area contributed by atoms with Crippen molar-refractivity contribution in [2.45, 2.75) is 25.1 Å². The van der Waals surface area contributed by atoms with E-state index in [-0.39, 0.29) is 24.1 Å². The molecular formula is C13H13F2N3O3. The Morgan fingerprint density at radius 3 is 2.76 bits per heavy atom. The number of rotatable bonds is 2. The number of carbonyl (C=O) groups is 3. The normalized spacial score (nSPS) is 26.1. The first-order valence-corrected chi connectivity index (χ1v) is 6.21. The summed E-state index contributed by atoms with van der Waals surface area (Å²) in [5, 5.41) is 4.40. The summed E-state index contributed by atoms with van der Waals surface area (Å²) in [6.45, 7) is 0. The molecule has 1 fully saturated rings. The predicted octanol–water partition coefficient (Wildman–Crippen LogP) is -0.118. The highest BCUT2D eigenvalue weighted by Crippen LogP contribution is 2.18. The number of hydrogen-bond donors (Lipinski definition) is 3. The Morgan fingerprint density at radius 2 is 2.10 bits per heavy atom. The molecule has 2 aliphatic rings. The highest BCUT2D eigenvalue weighted by molar-refractivity contribution is 6.04. The SMILES string of the molecule is NC1=CC(F)=CC(C(=O)NC2CCC(=O)NC2=O)=CC1F. The van der Waals surface area contributed by atoms with Gasteiger partial charge in [-0.3, -0.25) is 19.7 Å². The van der Waals surface area contributed by atoms with Crippen LogP contribution in [0.4, 0.5) is 8.78 Å². The Labute approximate surface area is 118 Å². The number of nitrogens with one attached hydrogen (secondary N) is 2. The van der Waals surface area contributed by atoms with Crippen LogP contribution in [-0.2, 0) is 14.4 Å². The van der Waals surface area contributed by atoms with Gasteiger partial charge in [0.25, 0.3) is 5.91 Å². The fourth-order valence-electron chi connectivity index (χ4n) is 1.95. The van der Waals surface area contributed by atoms with Crippen molar-refractivity contribution in [3.05, 3.63) is 35.3 Å². The number of nitrogens with two attached hydrogens (primary N) is 1. The summed E-state index contributed by atoms with van der Waals surface area (Å²) in [4.78, 5) is 34.5. The first-order valence-electron chi connectivity index (χ1n) is 6.21. The molecule has 0 bridgehead atoms. The predicted molar refractivity (Wildman–Crippen MR) is 68.8 cm³/mol. The van der Waals surface area contributed by atoms with E-state index in [1.165, 1.54) is 0 Å². The number of piperidine rings is 1. The Morgan fingerprint density at radius 1 is 1.38 bits per heavy atom. The van der Waals surface area contributed by atoms with Crippen LogP contribution < -0.4 is 16.4 Å². The Hall–Kier alpha value is -2.51. The number of carbonyl (C=O) groups excluding carboxylic acids is 3. The fourth-order valence-corrected chi connectivity index (χ4v) is 1.95. The third-order valence-corrected chi connectivity index (χ3v) is 3.05. The van der Waals surface area contributed by atoms with Gasteiger partial charge in [0, 0.05) is 17.7 Å². The summed E-state index contributed by atoms with van der Waals surface area (Å²) in [5.74, 6) is -2.75. The molecule has 0 saturated carbocycles. The molecule has 8 heteroatoms. The number of hydrogen-bond acceptors (Lipinski definition) is 4. The van der Waals surface area contributed by atoms with E-state index in [2.05, 4.69) is 10.6 Å². The highest BCUT2D eigenvalue weighted by atomic mass is 19.1. The van der Waals surface area contributed by atoms with Gasteiger partial charge in [-0.05, 0) is 24.6 Å². The van der Waals surface area contributed by atoms with Crippen LogP contribution in [0.15, 0.2) is 35.3 Å². The van der Waals surface area contributed by atoms with Crippen LogP contribution in [-0.4, -0.2) is 29.9 Å². The maximum Gasteiger partial charge on any atom is 0.251 e. The van der Waals surface area contributed by atoms with Crippen molar-refractivity contribution < 1.29 is 23.2 Å². The van der Waals surface area contributed by atoms with Crippen molar-refractivity contribution in [3.63, 3.8) is 0 Å². The summed E-state index contributed by atoms with van der Waals surface area (Å²) in [7, 11) is 0. The molecule has 2 rings (SSSR count). The van der Waals surface area contributed by atoms with E-state index in [1.807, 2.05) is 0 Å². The minimum atomic E-state index is -1.79. The third-order valence-electron chi connectivity index (χ3n) is 3.05. The number of amides is 3. The smallest absolute Gasteiger partial charge is 0.251 e. The van der Waals surface area contributed by atoms with Crippen molar-refractivity contribution >= 4 is 17.7 Å². The van der Waals surface area contributed by atoms with E-state index in [1.54, 1.807) is 0 Å². The monoisotopic (exact) mass is 297 g/mol. The lowest BCUT2D eigenvalue weighted by atomic mass is 10.1. The van der Waals surface area contributed by atoms with Gasteiger partial charge in [-0.15, -0.1) is 0 Å². The molecule has 4 N–H and O–H groups in total. The van der Waals surface area contributed by atoms with Crippen molar-refractivity contribution in [1.29, 1.82) is 0 Å². The molecule has 0 aromatic carbocycles. The summed E-state index contributed by atoms with van der Waals surface area (Å²) in [6.07, 6.45) is 0.896. The zero-order valence-corrected chi connectivity index (χ0v) is 10.9. The second-order valence-electron chi connectivity index (χ2n) is 4.67. The Kier molecular flexibility index (Phi) is 4.15. The lowest BCUT2D eigenvalue weighted by Gasteiger charge is -2.22. The molecule has 0 aromatic rings. The highest BCUT2D eigenvalue weighted by Gasteiger charge is 2.29. The maximum absolute atomic E-state index is 13.6. The van der Waals surface area contributed by atoms with E-state index >= 15 is 0 Å². The van der Waals surface area contributed by atoms with Crippen molar-refractivity contribution in [2.24, 2.45) is 5.73 Å². The third kappa shape index (κ3) is 3.53. The summed E-state index contributed by atoms with van der Waals surface area (Å²) >= 11 is 0. The van der Waals surface area contributed by atoms with E-state index in [9.17, 15) is 23.2 Å². The van der Waals surface area contributed by atoms with Gasteiger partial charge in [-0.25, -0.2) is 8.78 Å². The summed E-state index contributed by atoms with van der Waals surface area (Å²) in [6, 6.07) is -0.917. The average Bonchev–Trinajstić information content (AvgIpc) is 2.52. The number of halogens is 2. The van der Waals surface area contributed by atoms with Gasteiger partial charge >= 0.3 is 0 Å². The van der Waals surface area contributed by atoms with Crippen LogP contribution in [0.3, 0.4) is 0 Å². The van der Waals surface area contributed by atoms with Crippen LogP contribution in [0.1, 0.15) is 12.8 Å². The van der Waals surface area contributed by atoms with Gasteiger partial charge in [-0.1, -0.05) is 0 Å². The first kappa shape index (κ1) is 14.9. The molecule has 1 saturated heterocycles. The molecule has 2 atom stereocenters. The van der Waals surface area contributed by atoms with Crippen LogP contribution >= 0.6 is 0 Å². The van der Waals surface area contributed by atoms with E-state index in [0.29, 0.717) is 0 Å². The summed E-state index contributed by atoms with van der Waals surface area (Å²) in [5.41, 5.74) is 4.65. The molecule has 2 unspecified atom stereocenters. The number of alkyl halides is 1. The molecule has 3 amide bonds. The second kappa shape index (κ2) is 5.86. The largest absolute Gasteiger partial charge is 0.399 e. The lowest BCUT2D eigenvalue weighted by Crippen LogP contribution is -2.52. The first-order chi connectivity index (χ1) is 9.86. The second-order valence-corrected chi connectivity index (χ2v) is 4.67. The van der Waals surface area contributed by atoms with E-state index in [4.69, 9.17) is 5.73 Å².